The van der Waals surface area contributed by atoms with Crippen molar-refractivity contribution in [2.24, 2.45) is 0 Å². The van der Waals surface area contributed by atoms with E-state index in [2.05, 4.69) is 10.6 Å². The van der Waals surface area contributed by atoms with E-state index in [1.54, 1.807) is 36.4 Å². The van der Waals surface area contributed by atoms with Crippen molar-refractivity contribution in [2.75, 3.05) is 40.9 Å². The topological polar surface area (TPSA) is 98.8 Å². The van der Waals surface area contributed by atoms with E-state index in [1.807, 2.05) is 11.0 Å². The van der Waals surface area contributed by atoms with Gasteiger partial charge in [-0.3, -0.25) is 19.2 Å². The summed E-state index contributed by atoms with van der Waals surface area (Å²) in [7, 11) is 0. The van der Waals surface area contributed by atoms with Gasteiger partial charge in [-0.25, -0.2) is 0 Å². The standard InChI is InChI=1S/C23H24N4O4S/c1-15(28)24-17-5-7-18(8-6-17)25-21(29)13-27-19-12-16(23(31)26-10-2-3-11-26)4-9-20(19)32-14-22(27)30/h4-9,12H,2-3,10-11,13-14H2,1H3,(H,24,28)(H,25,29). The highest BCUT2D eigenvalue weighted by atomic mass is 32.2. The van der Waals surface area contributed by atoms with E-state index in [-0.39, 0.29) is 35.9 Å². The minimum Gasteiger partial charge on any atom is -0.339 e. The predicted octanol–water partition coefficient (Wildman–Crippen LogP) is 2.96. The fourth-order valence-electron chi connectivity index (χ4n) is 3.80. The Morgan fingerprint density at radius 2 is 1.62 bits per heavy atom. The van der Waals surface area contributed by atoms with E-state index in [1.165, 1.54) is 23.6 Å². The number of nitrogens with one attached hydrogen (secondary N) is 2. The van der Waals surface area contributed by atoms with Crippen LogP contribution in [0.15, 0.2) is 47.4 Å². The second kappa shape index (κ2) is 9.44. The molecular weight excluding hydrogens is 428 g/mol. The zero-order valence-corrected chi connectivity index (χ0v) is 18.5. The van der Waals surface area contributed by atoms with Crippen LogP contribution in [0.2, 0.25) is 0 Å². The third-order valence-electron chi connectivity index (χ3n) is 5.33. The number of hydrogen-bond donors (Lipinski definition) is 2. The van der Waals surface area contributed by atoms with Crippen molar-refractivity contribution in [1.82, 2.24) is 4.90 Å². The minimum absolute atomic E-state index is 0.0445. The highest BCUT2D eigenvalue weighted by Gasteiger charge is 2.28. The van der Waals surface area contributed by atoms with Crippen LogP contribution < -0.4 is 15.5 Å². The van der Waals surface area contributed by atoms with Gasteiger partial charge < -0.3 is 20.4 Å². The molecule has 0 aromatic heterocycles. The van der Waals surface area contributed by atoms with E-state index in [0.29, 0.717) is 22.6 Å². The first-order chi connectivity index (χ1) is 15.4. The van der Waals surface area contributed by atoms with Crippen LogP contribution in [0, 0.1) is 0 Å². The predicted molar refractivity (Wildman–Crippen MR) is 124 cm³/mol. The number of likely N-dealkylation sites (tertiary alicyclic amines) is 1. The first-order valence-electron chi connectivity index (χ1n) is 10.4. The summed E-state index contributed by atoms with van der Waals surface area (Å²) in [6, 6.07) is 12.1. The van der Waals surface area contributed by atoms with E-state index < -0.39 is 0 Å². The average Bonchev–Trinajstić information content (AvgIpc) is 3.31. The lowest BCUT2D eigenvalue weighted by atomic mass is 10.1. The molecule has 1 fully saturated rings. The minimum atomic E-state index is -0.347. The Morgan fingerprint density at radius 1 is 0.969 bits per heavy atom. The molecule has 2 aliphatic rings. The number of fused-ring (bicyclic) bond motifs is 1. The van der Waals surface area contributed by atoms with Crippen molar-refractivity contribution in [3.05, 3.63) is 48.0 Å². The van der Waals surface area contributed by atoms with Crippen LogP contribution in [-0.4, -0.2) is 53.9 Å². The number of rotatable bonds is 5. The number of carbonyl (C=O) groups is 4. The number of hydrogen-bond acceptors (Lipinski definition) is 5. The second-order valence-corrected chi connectivity index (χ2v) is 8.77. The molecular formula is C23H24N4O4S. The molecule has 2 N–H and O–H groups in total. The average molecular weight is 453 g/mol. The summed E-state index contributed by atoms with van der Waals surface area (Å²) in [6.07, 6.45) is 2.01. The normalized spacial score (nSPS) is 15.3. The number of amides is 4. The van der Waals surface area contributed by atoms with Crippen molar-refractivity contribution < 1.29 is 19.2 Å². The number of anilines is 3. The Hall–Kier alpha value is -3.33. The molecule has 0 aliphatic carbocycles. The molecule has 0 radical (unpaired) electrons. The molecule has 0 atom stereocenters. The highest BCUT2D eigenvalue weighted by Crippen LogP contribution is 2.36. The molecule has 2 heterocycles. The number of thioether (sulfide) groups is 1. The Labute approximate surface area is 190 Å². The molecule has 0 spiro atoms. The SMILES string of the molecule is CC(=O)Nc1ccc(NC(=O)CN2C(=O)CSc3ccc(C(=O)N4CCCC4)cc32)cc1. The van der Waals surface area contributed by atoms with Crippen LogP contribution in [0.25, 0.3) is 0 Å². The molecule has 4 rings (SSSR count). The summed E-state index contributed by atoms with van der Waals surface area (Å²) in [5.41, 5.74) is 2.30. The molecule has 1 saturated heterocycles. The lowest BCUT2D eigenvalue weighted by Crippen LogP contribution is -2.41. The summed E-state index contributed by atoms with van der Waals surface area (Å²) in [5, 5.41) is 5.44. The van der Waals surface area contributed by atoms with Crippen LogP contribution in [0.3, 0.4) is 0 Å². The van der Waals surface area contributed by atoms with Gasteiger partial charge in [-0.15, -0.1) is 11.8 Å². The number of benzene rings is 2. The van der Waals surface area contributed by atoms with Gasteiger partial charge in [0.25, 0.3) is 5.91 Å². The smallest absolute Gasteiger partial charge is 0.253 e. The maximum Gasteiger partial charge on any atom is 0.253 e. The van der Waals surface area contributed by atoms with Gasteiger partial charge in [0.05, 0.1) is 11.4 Å². The lowest BCUT2D eigenvalue weighted by molar-refractivity contribution is -0.120. The highest BCUT2D eigenvalue weighted by molar-refractivity contribution is 8.00. The van der Waals surface area contributed by atoms with E-state index in [4.69, 9.17) is 0 Å². The van der Waals surface area contributed by atoms with Gasteiger partial charge in [-0.05, 0) is 55.3 Å². The number of carbonyl (C=O) groups excluding carboxylic acids is 4. The molecule has 2 aliphatic heterocycles. The van der Waals surface area contributed by atoms with Crippen molar-refractivity contribution in [2.45, 2.75) is 24.7 Å². The Bertz CT molecular complexity index is 1060. The molecule has 8 nitrogen and oxygen atoms in total. The summed E-state index contributed by atoms with van der Waals surface area (Å²) in [4.78, 5) is 53.3. The molecule has 166 valence electrons. The molecule has 0 unspecified atom stereocenters. The van der Waals surface area contributed by atoms with Gasteiger partial charge in [0, 0.05) is 41.8 Å². The maximum atomic E-state index is 12.8. The third kappa shape index (κ3) is 4.94. The molecule has 0 saturated carbocycles. The fourth-order valence-corrected chi connectivity index (χ4v) is 4.71. The van der Waals surface area contributed by atoms with Gasteiger partial charge in [0.1, 0.15) is 6.54 Å². The monoisotopic (exact) mass is 452 g/mol. The van der Waals surface area contributed by atoms with E-state index in [0.717, 1.165) is 30.8 Å². The lowest BCUT2D eigenvalue weighted by Gasteiger charge is -2.29. The summed E-state index contributed by atoms with van der Waals surface area (Å²) in [5.74, 6) is -0.504. The van der Waals surface area contributed by atoms with Crippen LogP contribution in [-0.2, 0) is 14.4 Å². The van der Waals surface area contributed by atoms with E-state index in [9.17, 15) is 19.2 Å². The first-order valence-corrected chi connectivity index (χ1v) is 11.4. The van der Waals surface area contributed by atoms with E-state index >= 15 is 0 Å². The van der Waals surface area contributed by atoms with Crippen LogP contribution in [0.5, 0.6) is 0 Å². The van der Waals surface area contributed by atoms with Crippen LogP contribution >= 0.6 is 11.8 Å². The summed E-state index contributed by atoms with van der Waals surface area (Å²) < 4.78 is 0. The Balaban J connectivity index is 1.48. The van der Waals surface area contributed by atoms with Crippen LogP contribution in [0.4, 0.5) is 17.1 Å². The van der Waals surface area contributed by atoms with Gasteiger partial charge in [-0.2, -0.15) is 0 Å². The first kappa shape index (κ1) is 21.9. The van der Waals surface area contributed by atoms with Crippen LogP contribution in [0.1, 0.15) is 30.1 Å². The largest absolute Gasteiger partial charge is 0.339 e. The Kier molecular flexibility index (Phi) is 6.45. The van der Waals surface area contributed by atoms with Gasteiger partial charge in [0.2, 0.25) is 17.7 Å². The Morgan fingerprint density at radius 3 is 2.28 bits per heavy atom. The maximum absolute atomic E-state index is 12.8. The molecule has 0 bridgehead atoms. The zero-order chi connectivity index (χ0) is 22.7. The zero-order valence-electron chi connectivity index (χ0n) is 17.7. The van der Waals surface area contributed by atoms with Crippen molar-refractivity contribution in [3.63, 3.8) is 0 Å². The van der Waals surface area contributed by atoms with Crippen molar-refractivity contribution >= 4 is 52.5 Å². The van der Waals surface area contributed by atoms with Gasteiger partial charge >= 0.3 is 0 Å². The van der Waals surface area contributed by atoms with Gasteiger partial charge in [-0.1, -0.05) is 0 Å². The molecule has 2 aromatic carbocycles. The second-order valence-electron chi connectivity index (χ2n) is 7.76. The van der Waals surface area contributed by atoms with Gasteiger partial charge in [0.15, 0.2) is 0 Å². The molecule has 32 heavy (non-hydrogen) atoms. The van der Waals surface area contributed by atoms with Crippen molar-refractivity contribution in [3.8, 4) is 0 Å². The summed E-state index contributed by atoms with van der Waals surface area (Å²) >= 11 is 1.41. The fraction of sp³-hybridized carbons (Fsp3) is 0.304. The molecule has 4 amide bonds. The molecule has 2 aromatic rings. The number of nitrogens with zero attached hydrogens (tertiary/aromatic N) is 2. The molecule has 9 heteroatoms. The quantitative estimate of drug-likeness (QED) is 0.727. The third-order valence-corrected chi connectivity index (χ3v) is 6.38. The van der Waals surface area contributed by atoms with Crippen molar-refractivity contribution in [1.29, 1.82) is 0 Å². The summed E-state index contributed by atoms with van der Waals surface area (Å²) in [6.45, 7) is 2.76.